The molecule has 0 radical (unpaired) electrons. The van der Waals surface area contributed by atoms with Gasteiger partial charge in [-0.3, -0.25) is 0 Å². The maximum absolute atomic E-state index is 13.7. The molecule has 0 spiro atoms. The quantitative estimate of drug-likeness (QED) is 0.619. The maximum atomic E-state index is 13.7. The lowest BCUT2D eigenvalue weighted by Crippen LogP contribution is -2.02. The van der Waals surface area contributed by atoms with Crippen LogP contribution >= 0.6 is 0 Å². The minimum absolute atomic E-state index is 0.0110. The van der Waals surface area contributed by atoms with Crippen LogP contribution in [0.1, 0.15) is 34.7 Å². The van der Waals surface area contributed by atoms with Gasteiger partial charge in [0.1, 0.15) is 5.82 Å². The van der Waals surface area contributed by atoms with E-state index in [1.807, 2.05) is 27.7 Å². The molecule has 0 fully saturated rings. The summed E-state index contributed by atoms with van der Waals surface area (Å²) in [5, 5.41) is 0. The van der Waals surface area contributed by atoms with Gasteiger partial charge in [0, 0.05) is 0 Å². The Kier molecular flexibility index (Phi) is 2.74. The van der Waals surface area contributed by atoms with Gasteiger partial charge in [-0.2, -0.15) is 0 Å². The molecule has 0 amide bonds. The first-order valence-electron chi connectivity index (χ1n) is 4.75. The molecule has 1 aromatic carbocycles. The second-order valence-electron chi connectivity index (χ2n) is 3.65. The summed E-state index contributed by atoms with van der Waals surface area (Å²) >= 11 is 0. The lowest BCUT2D eigenvalue weighted by Gasteiger charge is -2.14. The summed E-state index contributed by atoms with van der Waals surface area (Å²) in [6.45, 7) is 9.91. The van der Waals surface area contributed by atoms with Gasteiger partial charge in [-0.1, -0.05) is 6.92 Å². The average molecular weight is 180 g/mol. The minimum atomic E-state index is -0.0110. The van der Waals surface area contributed by atoms with Crippen molar-refractivity contribution in [3.05, 3.63) is 33.6 Å². The highest BCUT2D eigenvalue weighted by Crippen LogP contribution is 2.25. The van der Waals surface area contributed by atoms with Crippen molar-refractivity contribution < 1.29 is 4.39 Å². The highest BCUT2D eigenvalue weighted by molar-refractivity contribution is 5.44. The largest absolute Gasteiger partial charge is 0.206 e. The summed E-state index contributed by atoms with van der Waals surface area (Å²) in [4.78, 5) is 0. The van der Waals surface area contributed by atoms with Crippen molar-refractivity contribution in [3.8, 4) is 0 Å². The minimum Gasteiger partial charge on any atom is -0.206 e. The van der Waals surface area contributed by atoms with Crippen LogP contribution in [0.3, 0.4) is 0 Å². The third-order valence-electron chi connectivity index (χ3n) is 3.09. The van der Waals surface area contributed by atoms with E-state index in [4.69, 9.17) is 0 Å². The first kappa shape index (κ1) is 10.2. The molecule has 13 heavy (non-hydrogen) atoms. The predicted octanol–water partition coefficient (Wildman–Crippen LogP) is 3.62. The number of rotatable bonds is 1. The van der Waals surface area contributed by atoms with Crippen LogP contribution in [0.15, 0.2) is 0 Å². The zero-order valence-electron chi connectivity index (χ0n) is 9.09. The SMILES string of the molecule is CCc1c(C)c(C)c(C)c(C)c1F. The molecule has 72 valence electrons. The van der Waals surface area contributed by atoms with Crippen LogP contribution in [0.25, 0.3) is 0 Å². The number of halogens is 1. The molecular formula is C12H17F. The lowest BCUT2D eigenvalue weighted by molar-refractivity contribution is 0.598. The molecule has 0 saturated carbocycles. The van der Waals surface area contributed by atoms with E-state index >= 15 is 0 Å². The van der Waals surface area contributed by atoms with E-state index in [2.05, 4.69) is 6.92 Å². The Bertz CT molecular complexity index is 308. The zero-order chi connectivity index (χ0) is 10.2. The van der Waals surface area contributed by atoms with Crippen LogP contribution < -0.4 is 0 Å². The van der Waals surface area contributed by atoms with Crippen LogP contribution in [0.5, 0.6) is 0 Å². The summed E-state index contributed by atoms with van der Waals surface area (Å²) in [5.74, 6) is -0.0110. The van der Waals surface area contributed by atoms with Crippen LogP contribution in [-0.2, 0) is 6.42 Å². The van der Waals surface area contributed by atoms with Crippen LogP contribution in [-0.4, -0.2) is 0 Å². The summed E-state index contributed by atoms with van der Waals surface area (Å²) in [7, 11) is 0. The maximum Gasteiger partial charge on any atom is 0.129 e. The monoisotopic (exact) mass is 180 g/mol. The molecule has 0 N–H and O–H groups in total. The molecule has 1 aromatic rings. The summed E-state index contributed by atoms with van der Waals surface area (Å²) in [6.07, 6.45) is 0.777. The van der Waals surface area contributed by atoms with Gasteiger partial charge in [-0.15, -0.1) is 0 Å². The normalized spacial score (nSPS) is 10.6. The number of hydrogen-bond acceptors (Lipinski definition) is 0. The van der Waals surface area contributed by atoms with E-state index in [0.717, 1.165) is 28.7 Å². The third kappa shape index (κ3) is 1.48. The van der Waals surface area contributed by atoms with E-state index in [0.29, 0.717) is 0 Å². The van der Waals surface area contributed by atoms with Crippen LogP contribution in [0.2, 0.25) is 0 Å². The Morgan fingerprint density at radius 2 is 1.31 bits per heavy atom. The second kappa shape index (κ2) is 3.49. The fraction of sp³-hybridized carbons (Fsp3) is 0.500. The molecule has 1 rings (SSSR count). The second-order valence-corrected chi connectivity index (χ2v) is 3.65. The Morgan fingerprint density at radius 3 is 1.77 bits per heavy atom. The predicted molar refractivity (Wildman–Crippen MR) is 54.7 cm³/mol. The molecule has 0 nitrogen and oxygen atoms in total. The van der Waals surface area contributed by atoms with Gasteiger partial charge in [-0.25, -0.2) is 4.39 Å². The fourth-order valence-corrected chi connectivity index (χ4v) is 1.76. The highest BCUT2D eigenvalue weighted by Gasteiger charge is 2.12. The van der Waals surface area contributed by atoms with Crippen LogP contribution in [0, 0.1) is 33.5 Å². The van der Waals surface area contributed by atoms with E-state index in [1.165, 1.54) is 5.56 Å². The van der Waals surface area contributed by atoms with Gasteiger partial charge in [0.2, 0.25) is 0 Å². The van der Waals surface area contributed by atoms with Crippen molar-refractivity contribution in [2.24, 2.45) is 0 Å². The van der Waals surface area contributed by atoms with Crippen molar-refractivity contribution in [1.29, 1.82) is 0 Å². The van der Waals surface area contributed by atoms with E-state index in [1.54, 1.807) is 0 Å². The molecule has 1 heteroatoms. The van der Waals surface area contributed by atoms with E-state index < -0.39 is 0 Å². The zero-order valence-corrected chi connectivity index (χ0v) is 9.09. The number of benzene rings is 1. The van der Waals surface area contributed by atoms with Crippen LogP contribution in [0.4, 0.5) is 4.39 Å². The molecule has 0 bridgehead atoms. The van der Waals surface area contributed by atoms with Crippen molar-refractivity contribution in [2.45, 2.75) is 41.0 Å². The molecule has 0 aromatic heterocycles. The summed E-state index contributed by atoms with van der Waals surface area (Å²) in [5.41, 5.74) is 5.12. The number of hydrogen-bond donors (Lipinski definition) is 0. The Morgan fingerprint density at radius 1 is 0.846 bits per heavy atom. The smallest absolute Gasteiger partial charge is 0.129 e. The van der Waals surface area contributed by atoms with Gasteiger partial charge >= 0.3 is 0 Å². The summed E-state index contributed by atoms with van der Waals surface area (Å²) in [6, 6.07) is 0. The molecule has 0 saturated heterocycles. The fourth-order valence-electron chi connectivity index (χ4n) is 1.76. The first-order valence-corrected chi connectivity index (χ1v) is 4.75. The molecule has 0 aliphatic rings. The molecule has 0 aliphatic heterocycles. The standard InChI is InChI=1S/C12H17F/c1-6-11-9(4)7(2)8(3)10(5)12(11)13/h6H2,1-5H3. The summed E-state index contributed by atoms with van der Waals surface area (Å²) < 4.78 is 13.7. The van der Waals surface area contributed by atoms with Gasteiger partial charge in [0.25, 0.3) is 0 Å². The van der Waals surface area contributed by atoms with Crippen molar-refractivity contribution in [2.75, 3.05) is 0 Å². The van der Waals surface area contributed by atoms with Crippen molar-refractivity contribution >= 4 is 0 Å². The Balaban J connectivity index is 3.56. The van der Waals surface area contributed by atoms with Crippen molar-refractivity contribution in [3.63, 3.8) is 0 Å². The molecule has 0 aliphatic carbocycles. The molecule has 0 unspecified atom stereocenters. The topological polar surface area (TPSA) is 0 Å². The Hall–Kier alpha value is -0.850. The van der Waals surface area contributed by atoms with E-state index in [9.17, 15) is 4.39 Å². The Labute approximate surface area is 79.8 Å². The first-order chi connectivity index (χ1) is 6.00. The van der Waals surface area contributed by atoms with Gasteiger partial charge < -0.3 is 0 Å². The van der Waals surface area contributed by atoms with Gasteiger partial charge in [-0.05, 0) is 61.9 Å². The average Bonchev–Trinajstić information content (AvgIpc) is 2.13. The molecular weight excluding hydrogens is 163 g/mol. The molecule has 0 atom stereocenters. The highest BCUT2D eigenvalue weighted by atomic mass is 19.1. The molecule has 0 heterocycles. The van der Waals surface area contributed by atoms with Gasteiger partial charge in [0.05, 0.1) is 0 Å². The van der Waals surface area contributed by atoms with Crippen molar-refractivity contribution in [1.82, 2.24) is 0 Å². The lowest BCUT2D eigenvalue weighted by atomic mass is 9.93. The van der Waals surface area contributed by atoms with E-state index in [-0.39, 0.29) is 5.82 Å². The third-order valence-corrected chi connectivity index (χ3v) is 3.09. The van der Waals surface area contributed by atoms with Gasteiger partial charge in [0.15, 0.2) is 0 Å².